The van der Waals surface area contributed by atoms with Crippen molar-refractivity contribution in [2.45, 2.75) is 38.3 Å². The third kappa shape index (κ3) is 3.12. The Labute approximate surface area is 137 Å². The van der Waals surface area contributed by atoms with E-state index in [1.165, 1.54) is 11.1 Å². The maximum Gasteiger partial charge on any atom is 0.224 e. The van der Waals surface area contributed by atoms with Gasteiger partial charge in [-0.25, -0.2) is 0 Å². The molecule has 2 heterocycles. The van der Waals surface area contributed by atoms with E-state index in [4.69, 9.17) is 6.42 Å². The highest BCUT2D eigenvalue weighted by Gasteiger charge is 2.42. The number of benzene rings is 1. The number of hydrogen-bond donors (Lipinski definition) is 0. The van der Waals surface area contributed by atoms with Crippen LogP contribution in [-0.4, -0.2) is 21.3 Å². The van der Waals surface area contributed by atoms with E-state index in [-0.39, 0.29) is 17.5 Å². The Morgan fingerprint density at radius 1 is 1.22 bits per heavy atom. The van der Waals surface area contributed by atoms with Crippen LogP contribution in [0.1, 0.15) is 38.4 Å². The molecule has 116 valence electrons. The molecule has 0 bridgehead atoms. The standard InChI is InChI=1S/C14H16N2O.C6H4/c1-4-12(11-7-5-6-10-15-11)16-13(17)8-9-14(16,2)3;1-2-5-4-6(5)3-1/h1,5-7,10,12H,8-9H2,2-3H3;1-4H. The number of carbonyl (C=O) groups is 1. The van der Waals surface area contributed by atoms with Crippen LogP contribution in [-0.2, 0) is 4.79 Å². The third-order valence-corrected chi connectivity index (χ3v) is 4.37. The highest BCUT2D eigenvalue weighted by Crippen LogP contribution is 2.36. The second kappa shape index (κ2) is 5.89. The number of carbonyl (C=O) groups excluding carboxylic acids is 1. The summed E-state index contributed by atoms with van der Waals surface area (Å²) < 4.78 is 0. The summed E-state index contributed by atoms with van der Waals surface area (Å²) in [5.41, 5.74) is 3.43. The van der Waals surface area contributed by atoms with Crippen LogP contribution >= 0.6 is 0 Å². The molecule has 1 aromatic rings. The Bertz CT molecular complexity index is 741. The lowest BCUT2D eigenvalue weighted by molar-refractivity contribution is -0.132. The fourth-order valence-corrected chi connectivity index (χ4v) is 2.99. The second-order valence-corrected chi connectivity index (χ2v) is 6.48. The van der Waals surface area contributed by atoms with Crippen molar-refractivity contribution in [2.24, 2.45) is 0 Å². The summed E-state index contributed by atoms with van der Waals surface area (Å²) in [6.07, 6.45) is 8.70. The third-order valence-electron chi connectivity index (χ3n) is 4.37. The predicted molar refractivity (Wildman–Crippen MR) is 91.4 cm³/mol. The van der Waals surface area contributed by atoms with Crippen LogP contribution in [0.4, 0.5) is 0 Å². The molecule has 4 rings (SSSR count). The molecule has 1 atom stereocenters. The van der Waals surface area contributed by atoms with Gasteiger partial charge in [-0.05, 0) is 49.6 Å². The van der Waals surface area contributed by atoms with Gasteiger partial charge >= 0.3 is 0 Å². The highest BCUT2D eigenvalue weighted by atomic mass is 16.2. The van der Waals surface area contributed by atoms with Crippen LogP contribution in [0.25, 0.3) is 11.1 Å². The summed E-state index contributed by atoms with van der Waals surface area (Å²) in [7, 11) is 0. The molecule has 1 unspecified atom stereocenters. The van der Waals surface area contributed by atoms with Gasteiger partial charge in [0.2, 0.25) is 5.91 Å². The fourth-order valence-electron chi connectivity index (χ4n) is 2.99. The van der Waals surface area contributed by atoms with Crippen molar-refractivity contribution in [3.05, 3.63) is 54.4 Å². The maximum atomic E-state index is 12.0. The van der Waals surface area contributed by atoms with E-state index in [1.54, 1.807) is 11.1 Å². The number of fused-ring (bicyclic) bond motifs is 1. The van der Waals surface area contributed by atoms with Crippen molar-refractivity contribution in [1.82, 2.24) is 9.88 Å². The molecule has 1 amide bonds. The lowest BCUT2D eigenvalue weighted by Gasteiger charge is -2.35. The summed E-state index contributed by atoms with van der Waals surface area (Å²) in [5.74, 6) is 2.80. The largest absolute Gasteiger partial charge is 0.318 e. The molecule has 0 N–H and O–H groups in total. The summed E-state index contributed by atoms with van der Waals surface area (Å²) in [4.78, 5) is 18.0. The first-order valence-corrected chi connectivity index (χ1v) is 7.82. The number of nitrogens with zero attached hydrogens (tertiary/aromatic N) is 2. The number of pyridine rings is 1. The van der Waals surface area contributed by atoms with Crippen LogP contribution in [0.3, 0.4) is 0 Å². The van der Waals surface area contributed by atoms with Crippen molar-refractivity contribution in [3.63, 3.8) is 0 Å². The fraction of sp³-hybridized carbons (Fsp3) is 0.300. The molecule has 0 saturated carbocycles. The average Bonchev–Trinajstić information content (AvgIpc) is 3.06. The van der Waals surface area contributed by atoms with Crippen LogP contribution < -0.4 is 0 Å². The average molecular weight is 304 g/mol. The molecule has 3 aliphatic rings. The Morgan fingerprint density at radius 2 is 1.96 bits per heavy atom. The quantitative estimate of drug-likeness (QED) is 0.674. The zero-order valence-electron chi connectivity index (χ0n) is 13.5. The van der Waals surface area contributed by atoms with E-state index in [2.05, 4.69) is 35.2 Å². The Balaban J connectivity index is 0.000000213. The van der Waals surface area contributed by atoms with E-state index in [0.29, 0.717) is 6.42 Å². The molecule has 0 radical (unpaired) electrons. The van der Waals surface area contributed by atoms with Gasteiger partial charge in [-0.3, -0.25) is 9.78 Å². The molecular formula is C20H20N2O. The van der Waals surface area contributed by atoms with Gasteiger partial charge in [-0.2, -0.15) is 0 Å². The minimum Gasteiger partial charge on any atom is -0.318 e. The first kappa shape index (κ1) is 15.3. The first-order valence-electron chi connectivity index (χ1n) is 7.82. The zero-order valence-corrected chi connectivity index (χ0v) is 13.5. The number of aromatic nitrogens is 1. The van der Waals surface area contributed by atoms with Crippen molar-refractivity contribution in [3.8, 4) is 23.5 Å². The van der Waals surface area contributed by atoms with Gasteiger partial charge in [0.05, 0.1) is 5.69 Å². The topological polar surface area (TPSA) is 33.2 Å². The number of hydrogen-bond acceptors (Lipinski definition) is 2. The van der Waals surface area contributed by atoms with Gasteiger partial charge in [0.15, 0.2) is 0 Å². The van der Waals surface area contributed by atoms with Crippen LogP contribution in [0.2, 0.25) is 0 Å². The number of amides is 1. The molecule has 3 nitrogen and oxygen atoms in total. The van der Waals surface area contributed by atoms with Crippen LogP contribution in [0, 0.1) is 12.3 Å². The Hall–Kier alpha value is -2.60. The van der Waals surface area contributed by atoms with Crippen molar-refractivity contribution in [2.75, 3.05) is 0 Å². The van der Waals surface area contributed by atoms with E-state index >= 15 is 0 Å². The van der Waals surface area contributed by atoms with Crippen molar-refractivity contribution in [1.29, 1.82) is 0 Å². The molecule has 1 aliphatic heterocycles. The van der Waals surface area contributed by atoms with Crippen LogP contribution in [0.5, 0.6) is 0 Å². The Morgan fingerprint density at radius 3 is 2.35 bits per heavy atom. The minimum absolute atomic E-state index is 0.114. The summed E-state index contributed by atoms with van der Waals surface area (Å²) in [6, 6.07) is 13.7. The lowest BCUT2D eigenvalue weighted by atomic mass is 9.99. The summed E-state index contributed by atoms with van der Waals surface area (Å²) >= 11 is 0. The lowest BCUT2D eigenvalue weighted by Crippen LogP contribution is -2.43. The highest BCUT2D eigenvalue weighted by molar-refractivity contribution is 5.81. The van der Waals surface area contributed by atoms with Crippen molar-refractivity contribution < 1.29 is 4.79 Å². The molecule has 0 spiro atoms. The van der Waals surface area contributed by atoms with Gasteiger partial charge in [-0.15, -0.1) is 6.42 Å². The molecule has 2 aliphatic carbocycles. The van der Waals surface area contributed by atoms with Gasteiger partial charge in [0, 0.05) is 18.2 Å². The van der Waals surface area contributed by atoms with E-state index < -0.39 is 0 Å². The summed E-state index contributed by atoms with van der Waals surface area (Å²) in [6.45, 7) is 4.09. The molecule has 23 heavy (non-hydrogen) atoms. The SMILES string of the molecule is C#CC(c1ccccn1)N1C(=O)CCC1(C)C.c1cc2cc-2c1. The van der Waals surface area contributed by atoms with E-state index in [0.717, 1.165) is 12.1 Å². The normalized spacial score (nSPS) is 17.8. The number of terminal acetylenes is 1. The molecular weight excluding hydrogens is 284 g/mol. The predicted octanol–water partition coefficient (Wildman–Crippen LogP) is 3.82. The van der Waals surface area contributed by atoms with Gasteiger partial charge in [0.1, 0.15) is 6.04 Å². The summed E-state index contributed by atoms with van der Waals surface area (Å²) in [5, 5.41) is 0. The molecule has 0 aromatic carbocycles. The Kier molecular flexibility index (Phi) is 3.92. The first-order chi connectivity index (χ1) is 11.0. The molecule has 3 heteroatoms. The molecule has 1 aromatic heterocycles. The molecule has 1 saturated heterocycles. The van der Waals surface area contributed by atoms with E-state index in [1.807, 2.05) is 32.0 Å². The van der Waals surface area contributed by atoms with Gasteiger partial charge < -0.3 is 4.90 Å². The maximum absolute atomic E-state index is 12.0. The smallest absolute Gasteiger partial charge is 0.224 e. The second-order valence-electron chi connectivity index (χ2n) is 6.48. The minimum atomic E-state index is -0.360. The number of likely N-dealkylation sites (tertiary alicyclic amines) is 1. The number of rotatable bonds is 2. The van der Waals surface area contributed by atoms with Gasteiger partial charge in [0.25, 0.3) is 0 Å². The van der Waals surface area contributed by atoms with Crippen LogP contribution in [0.15, 0.2) is 48.7 Å². The molecule has 1 fully saturated rings. The van der Waals surface area contributed by atoms with Crippen molar-refractivity contribution >= 4 is 5.91 Å². The van der Waals surface area contributed by atoms with Gasteiger partial charge in [-0.1, -0.05) is 30.2 Å². The zero-order chi connectivity index (χ0) is 16.4. The monoisotopic (exact) mass is 304 g/mol. The van der Waals surface area contributed by atoms with E-state index in [9.17, 15) is 4.79 Å².